The minimum absolute atomic E-state index is 0.0578. The molecule has 1 aromatic carbocycles. The molecule has 0 spiro atoms. The highest BCUT2D eigenvalue weighted by molar-refractivity contribution is 7.98. The Bertz CT molecular complexity index is 768. The molecule has 0 amide bonds. The first-order valence-electron chi connectivity index (χ1n) is 6.44. The van der Waals surface area contributed by atoms with E-state index in [0.29, 0.717) is 0 Å². The summed E-state index contributed by atoms with van der Waals surface area (Å²) >= 11 is 1.60. The Morgan fingerprint density at radius 1 is 1.10 bits per heavy atom. The molecule has 0 bridgehead atoms. The van der Waals surface area contributed by atoms with E-state index in [1.165, 1.54) is 0 Å². The summed E-state index contributed by atoms with van der Waals surface area (Å²) in [6, 6.07) is 13.4. The molecule has 0 saturated heterocycles. The Morgan fingerprint density at radius 3 is 2.62 bits per heavy atom. The summed E-state index contributed by atoms with van der Waals surface area (Å²) in [6.45, 7) is 0. The summed E-state index contributed by atoms with van der Waals surface area (Å²) in [5.41, 5.74) is 2.77. The number of carbonyl (C=O) groups is 1. The predicted octanol–water partition coefficient (Wildman–Crippen LogP) is 2.65. The van der Waals surface area contributed by atoms with Gasteiger partial charge in [0, 0.05) is 11.9 Å². The molecule has 0 atom stereocenters. The Labute approximate surface area is 125 Å². The third-order valence-electron chi connectivity index (χ3n) is 3.03. The number of rotatable bonds is 5. The molecule has 21 heavy (non-hydrogen) atoms. The van der Waals surface area contributed by atoms with Crippen molar-refractivity contribution in [2.24, 2.45) is 0 Å². The van der Waals surface area contributed by atoms with Crippen molar-refractivity contribution in [1.82, 2.24) is 14.6 Å². The van der Waals surface area contributed by atoms with E-state index in [1.807, 2.05) is 53.1 Å². The fraction of sp³-hybridized carbons (Fsp3) is 0.133. The number of thioether (sulfide) groups is 1. The normalized spacial score (nSPS) is 10.9. The van der Waals surface area contributed by atoms with Gasteiger partial charge >= 0.3 is 5.97 Å². The average molecular weight is 299 g/mol. The highest BCUT2D eigenvalue weighted by Gasteiger charge is 2.06. The molecular weight excluding hydrogens is 286 g/mol. The van der Waals surface area contributed by atoms with Crippen LogP contribution in [0.3, 0.4) is 0 Å². The van der Waals surface area contributed by atoms with Crippen LogP contribution in [0.5, 0.6) is 0 Å². The van der Waals surface area contributed by atoms with Crippen LogP contribution in [0, 0.1) is 0 Å². The number of carboxylic acid groups (broad SMARTS) is 1. The van der Waals surface area contributed by atoms with Crippen molar-refractivity contribution in [2.75, 3.05) is 0 Å². The molecule has 0 aliphatic rings. The van der Waals surface area contributed by atoms with Crippen molar-refractivity contribution in [2.45, 2.75) is 17.3 Å². The van der Waals surface area contributed by atoms with Gasteiger partial charge in [0.05, 0.1) is 6.42 Å². The van der Waals surface area contributed by atoms with E-state index >= 15 is 0 Å². The van der Waals surface area contributed by atoms with Gasteiger partial charge in [-0.3, -0.25) is 9.20 Å². The molecule has 2 aromatic heterocycles. The van der Waals surface area contributed by atoms with Crippen LogP contribution in [0.2, 0.25) is 0 Å². The predicted molar refractivity (Wildman–Crippen MR) is 80.3 cm³/mol. The van der Waals surface area contributed by atoms with Crippen molar-refractivity contribution in [3.05, 3.63) is 59.8 Å². The van der Waals surface area contributed by atoms with Crippen molar-refractivity contribution in [1.29, 1.82) is 0 Å². The van der Waals surface area contributed by atoms with Gasteiger partial charge in [-0.1, -0.05) is 42.1 Å². The van der Waals surface area contributed by atoms with Gasteiger partial charge in [-0.05, 0) is 23.3 Å². The topological polar surface area (TPSA) is 67.5 Å². The summed E-state index contributed by atoms with van der Waals surface area (Å²) in [4.78, 5) is 10.6. The lowest BCUT2D eigenvalue weighted by atomic mass is 10.1. The zero-order valence-corrected chi connectivity index (χ0v) is 12.0. The lowest BCUT2D eigenvalue weighted by Gasteiger charge is -2.02. The highest BCUT2D eigenvalue weighted by Crippen LogP contribution is 2.21. The molecule has 2 heterocycles. The van der Waals surface area contributed by atoms with Gasteiger partial charge in [0.2, 0.25) is 0 Å². The number of carboxylic acids is 1. The zero-order chi connectivity index (χ0) is 14.7. The van der Waals surface area contributed by atoms with Crippen LogP contribution in [0.15, 0.2) is 53.8 Å². The van der Waals surface area contributed by atoms with Gasteiger partial charge in [0.1, 0.15) is 0 Å². The number of benzene rings is 1. The molecule has 3 rings (SSSR count). The number of hydrogen-bond acceptors (Lipinski definition) is 4. The number of nitrogens with zero attached hydrogens (tertiary/aromatic N) is 3. The van der Waals surface area contributed by atoms with E-state index in [-0.39, 0.29) is 6.42 Å². The number of aromatic nitrogens is 3. The number of pyridine rings is 1. The summed E-state index contributed by atoms with van der Waals surface area (Å²) < 4.78 is 1.95. The Kier molecular flexibility index (Phi) is 3.87. The number of hydrogen-bond donors (Lipinski definition) is 1. The van der Waals surface area contributed by atoms with E-state index in [4.69, 9.17) is 5.11 Å². The molecule has 0 aliphatic carbocycles. The lowest BCUT2D eigenvalue weighted by molar-refractivity contribution is -0.136. The molecule has 106 valence electrons. The minimum Gasteiger partial charge on any atom is -0.481 e. The summed E-state index contributed by atoms with van der Waals surface area (Å²) in [7, 11) is 0. The van der Waals surface area contributed by atoms with Crippen LogP contribution in [-0.2, 0) is 17.0 Å². The van der Waals surface area contributed by atoms with E-state index in [9.17, 15) is 4.79 Å². The first-order valence-corrected chi connectivity index (χ1v) is 7.43. The molecule has 0 unspecified atom stereocenters. The monoisotopic (exact) mass is 299 g/mol. The molecule has 0 radical (unpaired) electrons. The third-order valence-corrected chi connectivity index (χ3v) is 4.04. The van der Waals surface area contributed by atoms with Crippen LogP contribution in [0.25, 0.3) is 5.65 Å². The molecule has 0 fully saturated rings. The van der Waals surface area contributed by atoms with Gasteiger partial charge in [0.25, 0.3) is 0 Å². The van der Waals surface area contributed by atoms with Crippen molar-refractivity contribution >= 4 is 23.4 Å². The Hall–Kier alpha value is -2.34. The minimum atomic E-state index is -0.813. The summed E-state index contributed by atoms with van der Waals surface area (Å²) in [6.07, 6.45) is 2.00. The standard InChI is InChI=1S/C15H13N3O2S/c19-14(20)9-11-4-6-12(7-5-11)10-21-15-17-16-13-3-1-2-8-18(13)15/h1-8H,9-10H2,(H,19,20). The number of aliphatic carboxylic acids is 1. The number of fused-ring (bicyclic) bond motifs is 1. The van der Waals surface area contributed by atoms with Gasteiger partial charge in [-0.25, -0.2) is 0 Å². The molecule has 5 nitrogen and oxygen atoms in total. The van der Waals surface area contributed by atoms with E-state index in [1.54, 1.807) is 11.8 Å². The molecule has 3 aromatic rings. The summed E-state index contributed by atoms with van der Waals surface area (Å²) in [5.74, 6) is -0.0460. The van der Waals surface area contributed by atoms with Crippen LogP contribution in [0.4, 0.5) is 0 Å². The van der Waals surface area contributed by atoms with Gasteiger partial charge in [-0.2, -0.15) is 0 Å². The third kappa shape index (κ3) is 3.22. The molecular formula is C15H13N3O2S. The SMILES string of the molecule is O=C(O)Cc1ccc(CSc2nnc3ccccn23)cc1. The smallest absolute Gasteiger partial charge is 0.307 e. The van der Waals surface area contributed by atoms with Crippen LogP contribution in [-0.4, -0.2) is 25.7 Å². The second-order valence-electron chi connectivity index (χ2n) is 4.59. The fourth-order valence-electron chi connectivity index (χ4n) is 1.99. The molecule has 1 N–H and O–H groups in total. The molecule has 0 saturated carbocycles. The molecule has 6 heteroatoms. The average Bonchev–Trinajstić information content (AvgIpc) is 2.89. The largest absolute Gasteiger partial charge is 0.481 e. The van der Waals surface area contributed by atoms with Crippen molar-refractivity contribution in [3.63, 3.8) is 0 Å². The zero-order valence-electron chi connectivity index (χ0n) is 11.1. The Balaban J connectivity index is 1.68. The van der Waals surface area contributed by atoms with E-state index < -0.39 is 5.97 Å². The lowest BCUT2D eigenvalue weighted by Crippen LogP contribution is -1.99. The second-order valence-corrected chi connectivity index (χ2v) is 5.53. The van der Waals surface area contributed by atoms with E-state index in [0.717, 1.165) is 27.7 Å². The van der Waals surface area contributed by atoms with Crippen molar-refractivity contribution in [3.8, 4) is 0 Å². The maximum atomic E-state index is 10.6. The quantitative estimate of drug-likeness (QED) is 0.734. The van der Waals surface area contributed by atoms with E-state index in [2.05, 4.69) is 10.2 Å². The Morgan fingerprint density at radius 2 is 1.86 bits per heavy atom. The van der Waals surface area contributed by atoms with Gasteiger partial charge in [-0.15, -0.1) is 10.2 Å². The van der Waals surface area contributed by atoms with Gasteiger partial charge in [0.15, 0.2) is 10.8 Å². The van der Waals surface area contributed by atoms with Crippen LogP contribution in [0.1, 0.15) is 11.1 Å². The maximum Gasteiger partial charge on any atom is 0.307 e. The summed E-state index contributed by atoms with van der Waals surface area (Å²) in [5, 5.41) is 17.9. The van der Waals surface area contributed by atoms with Crippen molar-refractivity contribution < 1.29 is 9.90 Å². The van der Waals surface area contributed by atoms with Crippen LogP contribution >= 0.6 is 11.8 Å². The highest BCUT2D eigenvalue weighted by atomic mass is 32.2. The van der Waals surface area contributed by atoms with Gasteiger partial charge < -0.3 is 5.11 Å². The molecule has 0 aliphatic heterocycles. The first kappa shape index (κ1) is 13.6. The van der Waals surface area contributed by atoms with Crippen LogP contribution < -0.4 is 0 Å². The second kappa shape index (κ2) is 5.97. The maximum absolute atomic E-state index is 10.6. The fourth-order valence-corrected chi connectivity index (χ4v) is 2.87. The first-order chi connectivity index (χ1) is 10.2.